The molecule has 1 aliphatic heterocycles. The van der Waals surface area contributed by atoms with Crippen LogP contribution in [0.1, 0.15) is 56.5 Å². The highest BCUT2D eigenvalue weighted by molar-refractivity contribution is 6.02. The summed E-state index contributed by atoms with van der Waals surface area (Å²) in [5, 5.41) is 0. The average Bonchev–Trinajstić information content (AvgIpc) is 2.90. The summed E-state index contributed by atoms with van der Waals surface area (Å²) in [5.74, 6) is -0.278. The van der Waals surface area contributed by atoms with E-state index in [-0.39, 0.29) is 29.3 Å². The Labute approximate surface area is 168 Å². The van der Waals surface area contributed by atoms with Crippen LogP contribution in [0.4, 0.5) is 0 Å². The zero-order valence-electron chi connectivity index (χ0n) is 17.6. The van der Waals surface area contributed by atoms with Crippen LogP contribution in [-0.2, 0) is 4.79 Å². The van der Waals surface area contributed by atoms with Crippen molar-refractivity contribution >= 4 is 11.8 Å². The van der Waals surface area contributed by atoms with Gasteiger partial charge in [0.15, 0.2) is 0 Å². The topological polar surface area (TPSA) is 40.6 Å². The minimum absolute atomic E-state index is 0.0203. The number of hydrogen-bond acceptors (Lipinski definition) is 2. The van der Waals surface area contributed by atoms with Gasteiger partial charge in [-0.05, 0) is 24.6 Å². The van der Waals surface area contributed by atoms with Crippen LogP contribution in [-0.4, -0.2) is 40.4 Å². The van der Waals surface area contributed by atoms with Crippen LogP contribution in [0.5, 0.6) is 0 Å². The quantitative estimate of drug-likeness (QED) is 0.787. The van der Waals surface area contributed by atoms with Gasteiger partial charge < -0.3 is 9.80 Å². The number of rotatable bonds is 3. The van der Waals surface area contributed by atoms with Gasteiger partial charge in [-0.25, -0.2) is 0 Å². The molecule has 0 aliphatic carbocycles. The second-order valence-corrected chi connectivity index (χ2v) is 8.98. The van der Waals surface area contributed by atoms with Crippen LogP contribution in [0, 0.1) is 5.41 Å². The predicted molar refractivity (Wildman–Crippen MR) is 112 cm³/mol. The van der Waals surface area contributed by atoms with E-state index >= 15 is 0 Å². The zero-order chi connectivity index (χ0) is 20.7. The van der Waals surface area contributed by atoms with Gasteiger partial charge in [-0.15, -0.1) is 0 Å². The van der Waals surface area contributed by atoms with Crippen LogP contribution in [0.25, 0.3) is 0 Å². The smallest absolute Gasteiger partial charge is 0.256 e. The third-order valence-electron chi connectivity index (χ3n) is 6.02. The van der Waals surface area contributed by atoms with Crippen LogP contribution in [0.15, 0.2) is 60.7 Å². The third-order valence-corrected chi connectivity index (χ3v) is 6.02. The zero-order valence-corrected chi connectivity index (χ0v) is 17.6. The standard InChI is InChI=1S/C24H30N2O2/c1-17(18-13-9-7-10-14-18)24(5)22(28)25(6)21(23(2,3)4)26(24)20(27)19-15-11-8-12-16-19/h7-17,21H,1-6H3/t17?,21-,24-/m1/s1. The molecule has 4 nitrogen and oxygen atoms in total. The molecule has 0 bridgehead atoms. The molecule has 1 saturated heterocycles. The lowest BCUT2D eigenvalue weighted by Gasteiger charge is -2.44. The molecule has 0 spiro atoms. The summed E-state index contributed by atoms with van der Waals surface area (Å²) in [7, 11) is 1.81. The van der Waals surface area contributed by atoms with Crippen LogP contribution in [0.2, 0.25) is 0 Å². The fraction of sp³-hybridized carbons (Fsp3) is 0.417. The first-order valence-electron chi connectivity index (χ1n) is 9.81. The second kappa shape index (κ2) is 7.08. The first-order valence-corrected chi connectivity index (χ1v) is 9.81. The second-order valence-electron chi connectivity index (χ2n) is 8.98. The van der Waals surface area contributed by atoms with Crippen molar-refractivity contribution in [3.8, 4) is 0 Å². The molecule has 1 aliphatic rings. The number of nitrogens with zero attached hydrogens (tertiary/aromatic N) is 2. The number of hydrogen-bond donors (Lipinski definition) is 0. The molecule has 0 N–H and O–H groups in total. The molecule has 0 radical (unpaired) electrons. The van der Waals surface area contributed by atoms with Gasteiger partial charge in [0.25, 0.3) is 5.91 Å². The SMILES string of the molecule is CC(c1ccccc1)[C@]1(C)C(=O)N(C)[C@@H](C(C)(C)C)N1C(=O)c1ccccc1. The summed E-state index contributed by atoms with van der Waals surface area (Å²) in [6.07, 6.45) is -0.330. The molecule has 2 aromatic rings. The van der Waals surface area contributed by atoms with E-state index in [4.69, 9.17) is 0 Å². The molecule has 2 aromatic carbocycles. The third kappa shape index (κ3) is 3.11. The predicted octanol–water partition coefficient (Wildman–Crippen LogP) is 4.54. The summed E-state index contributed by atoms with van der Waals surface area (Å²) in [5.41, 5.74) is 0.391. The Kier molecular flexibility index (Phi) is 5.09. The van der Waals surface area contributed by atoms with E-state index in [1.807, 2.05) is 86.5 Å². The van der Waals surface area contributed by atoms with Crippen molar-refractivity contribution in [3.05, 3.63) is 71.8 Å². The summed E-state index contributed by atoms with van der Waals surface area (Å²) in [6, 6.07) is 19.2. The van der Waals surface area contributed by atoms with E-state index in [0.29, 0.717) is 5.56 Å². The molecule has 3 rings (SSSR count). The lowest BCUT2D eigenvalue weighted by Crippen LogP contribution is -2.57. The van der Waals surface area contributed by atoms with E-state index in [2.05, 4.69) is 20.8 Å². The fourth-order valence-electron chi connectivity index (χ4n) is 4.47. The molecule has 3 atom stereocenters. The van der Waals surface area contributed by atoms with E-state index in [1.165, 1.54) is 0 Å². The summed E-state index contributed by atoms with van der Waals surface area (Å²) >= 11 is 0. The summed E-state index contributed by atoms with van der Waals surface area (Å²) < 4.78 is 0. The molecule has 148 valence electrons. The van der Waals surface area contributed by atoms with Gasteiger partial charge in [0, 0.05) is 23.9 Å². The van der Waals surface area contributed by atoms with Crippen molar-refractivity contribution in [2.24, 2.45) is 5.41 Å². The normalized spacial score (nSPS) is 23.8. The van der Waals surface area contributed by atoms with Crippen LogP contribution < -0.4 is 0 Å². The Balaban J connectivity index is 2.18. The number of amides is 2. The minimum Gasteiger partial charge on any atom is -0.323 e. The Morgan fingerprint density at radius 3 is 2.00 bits per heavy atom. The molecule has 1 fully saturated rings. The van der Waals surface area contributed by atoms with E-state index in [1.54, 1.807) is 4.90 Å². The molecule has 2 amide bonds. The number of carbonyl (C=O) groups is 2. The van der Waals surface area contributed by atoms with E-state index in [9.17, 15) is 9.59 Å². The molecule has 0 aromatic heterocycles. The highest BCUT2D eigenvalue weighted by atomic mass is 16.2. The summed E-state index contributed by atoms with van der Waals surface area (Å²) in [4.78, 5) is 30.8. The highest BCUT2D eigenvalue weighted by Crippen LogP contribution is 2.46. The molecular formula is C24H30N2O2. The molecule has 28 heavy (non-hydrogen) atoms. The Hall–Kier alpha value is -2.62. The first-order chi connectivity index (χ1) is 13.1. The highest BCUT2D eigenvalue weighted by Gasteiger charge is 2.60. The van der Waals surface area contributed by atoms with Crippen molar-refractivity contribution in [2.45, 2.75) is 52.2 Å². The Morgan fingerprint density at radius 2 is 1.50 bits per heavy atom. The lowest BCUT2D eigenvalue weighted by molar-refractivity contribution is -0.133. The number of likely N-dealkylation sites (N-methyl/N-ethyl adjacent to an activating group) is 1. The molecule has 1 heterocycles. The van der Waals surface area contributed by atoms with E-state index in [0.717, 1.165) is 5.56 Å². The molecule has 4 heteroatoms. The van der Waals surface area contributed by atoms with Crippen LogP contribution >= 0.6 is 0 Å². The number of benzene rings is 2. The fourth-order valence-corrected chi connectivity index (χ4v) is 4.47. The van der Waals surface area contributed by atoms with Gasteiger partial charge in [0.05, 0.1) is 0 Å². The minimum atomic E-state index is -0.971. The molecular weight excluding hydrogens is 348 g/mol. The van der Waals surface area contributed by atoms with Crippen LogP contribution in [0.3, 0.4) is 0 Å². The monoisotopic (exact) mass is 378 g/mol. The maximum atomic E-state index is 13.7. The average molecular weight is 379 g/mol. The van der Waals surface area contributed by atoms with Crippen molar-refractivity contribution < 1.29 is 9.59 Å². The lowest BCUT2D eigenvalue weighted by atomic mass is 9.79. The van der Waals surface area contributed by atoms with Crippen molar-refractivity contribution in [1.82, 2.24) is 9.80 Å². The van der Waals surface area contributed by atoms with E-state index < -0.39 is 5.54 Å². The Bertz CT molecular complexity index is 857. The van der Waals surface area contributed by atoms with Gasteiger partial charge in [-0.2, -0.15) is 0 Å². The van der Waals surface area contributed by atoms with Gasteiger partial charge in [0.1, 0.15) is 11.7 Å². The maximum absolute atomic E-state index is 13.7. The largest absolute Gasteiger partial charge is 0.323 e. The van der Waals surface area contributed by atoms with Gasteiger partial charge in [-0.1, -0.05) is 76.2 Å². The molecule has 0 saturated carbocycles. The van der Waals surface area contributed by atoms with Gasteiger partial charge in [-0.3, -0.25) is 9.59 Å². The maximum Gasteiger partial charge on any atom is 0.256 e. The van der Waals surface area contributed by atoms with Gasteiger partial charge in [0.2, 0.25) is 5.91 Å². The van der Waals surface area contributed by atoms with Crippen molar-refractivity contribution in [1.29, 1.82) is 0 Å². The first kappa shape index (κ1) is 20.1. The van der Waals surface area contributed by atoms with Crippen molar-refractivity contribution in [3.63, 3.8) is 0 Å². The number of carbonyl (C=O) groups excluding carboxylic acids is 2. The Morgan fingerprint density at radius 1 is 1.00 bits per heavy atom. The van der Waals surface area contributed by atoms with Crippen molar-refractivity contribution in [2.75, 3.05) is 7.05 Å². The molecule has 1 unspecified atom stereocenters. The van der Waals surface area contributed by atoms with Gasteiger partial charge >= 0.3 is 0 Å². The summed E-state index contributed by atoms with van der Waals surface area (Å²) in [6.45, 7) is 10.2.